The van der Waals surface area contributed by atoms with E-state index in [4.69, 9.17) is 5.73 Å². The molecule has 0 unspecified atom stereocenters. The van der Waals surface area contributed by atoms with Crippen LogP contribution < -0.4 is 11.4 Å². The van der Waals surface area contributed by atoms with E-state index in [0.717, 1.165) is 16.6 Å². The second-order valence-electron chi connectivity index (χ2n) is 4.52. The lowest BCUT2D eigenvalue weighted by molar-refractivity contribution is 0.100. The molecule has 3 rings (SSSR count). The smallest absolute Gasteiger partial charge is 0.327 e. The largest absolute Gasteiger partial charge is 0.366 e. The Morgan fingerprint density at radius 2 is 1.95 bits per heavy atom. The summed E-state index contributed by atoms with van der Waals surface area (Å²) in [6.45, 7) is 0. The summed E-state index contributed by atoms with van der Waals surface area (Å²) in [5, 5.41) is 0. The zero-order valence-electron chi connectivity index (χ0n) is 10.8. The lowest BCUT2D eigenvalue weighted by atomic mass is 10.1. The third-order valence-electron chi connectivity index (χ3n) is 3.26. The molecule has 6 nitrogen and oxygen atoms in total. The van der Waals surface area contributed by atoms with Crippen LogP contribution in [0.4, 0.5) is 0 Å². The van der Waals surface area contributed by atoms with Crippen LogP contribution in [0.15, 0.2) is 41.3 Å². The van der Waals surface area contributed by atoms with Crippen molar-refractivity contribution in [2.45, 2.75) is 0 Å². The summed E-state index contributed by atoms with van der Waals surface area (Å²) < 4.78 is 1.50. The molecule has 0 bridgehead atoms. The minimum absolute atomic E-state index is 0.200. The van der Waals surface area contributed by atoms with E-state index in [2.05, 4.69) is 9.97 Å². The zero-order valence-corrected chi connectivity index (χ0v) is 10.8. The summed E-state index contributed by atoms with van der Waals surface area (Å²) in [7, 11) is 1.68. The van der Waals surface area contributed by atoms with Gasteiger partial charge in [0.05, 0.1) is 5.52 Å². The number of nitrogens with zero attached hydrogens (tertiary/aromatic N) is 2. The standard InChI is InChI=1S/C14H12N4O2/c1-18-11-6-10(7-16-13(11)17-14(18)20)8-2-4-9(5-3-8)12(15)19/h2-7H,1H3,(H2,15,19)(H,16,17,20). The average molecular weight is 268 g/mol. The van der Waals surface area contributed by atoms with Crippen LogP contribution in [0, 0.1) is 0 Å². The van der Waals surface area contributed by atoms with E-state index in [1.54, 1.807) is 37.5 Å². The molecule has 0 saturated heterocycles. The Morgan fingerprint density at radius 3 is 2.60 bits per heavy atom. The third-order valence-corrected chi connectivity index (χ3v) is 3.26. The van der Waals surface area contributed by atoms with Crippen LogP contribution in [0.2, 0.25) is 0 Å². The van der Waals surface area contributed by atoms with Gasteiger partial charge in [0, 0.05) is 24.4 Å². The highest BCUT2D eigenvalue weighted by Crippen LogP contribution is 2.21. The number of carbonyl (C=O) groups is 1. The molecule has 0 fully saturated rings. The number of benzene rings is 1. The first-order valence-corrected chi connectivity index (χ1v) is 6.01. The lowest BCUT2D eigenvalue weighted by Crippen LogP contribution is -2.11. The molecule has 0 atom stereocenters. The molecule has 0 aliphatic heterocycles. The number of aromatic nitrogens is 3. The van der Waals surface area contributed by atoms with E-state index in [1.165, 1.54) is 4.57 Å². The molecule has 100 valence electrons. The Balaban J connectivity index is 2.11. The van der Waals surface area contributed by atoms with Crippen molar-refractivity contribution in [3.05, 3.63) is 52.6 Å². The van der Waals surface area contributed by atoms with Crippen molar-refractivity contribution in [1.29, 1.82) is 0 Å². The number of H-pyrrole nitrogens is 1. The molecule has 20 heavy (non-hydrogen) atoms. The van der Waals surface area contributed by atoms with Gasteiger partial charge in [0.25, 0.3) is 0 Å². The molecule has 0 aliphatic carbocycles. The van der Waals surface area contributed by atoms with Crippen molar-refractivity contribution in [2.24, 2.45) is 12.8 Å². The highest BCUT2D eigenvalue weighted by atomic mass is 16.1. The molecule has 0 spiro atoms. The van der Waals surface area contributed by atoms with Gasteiger partial charge >= 0.3 is 5.69 Å². The van der Waals surface area contributed by atoms with Crippen LogP contribution in [0.1, 0.15) is 10.4 Å². The maximum absolute atomic E-state index is 11.5. The van der Waals surface area contributed by atoms with Crippen LogP contribution in [0.3, 0.4) is 0 Å². The topological polar surface area (TPSA) is 93.8 Å². The van der Waals surface area contributed by atoms with Gasteiger partial charge < -0.3 is 5.73 Å². The number of rotatable bonds is 2. The Kier molecular flexibility index (Phi) is 2.64. The number of imidazole rings is 1. The van der Waals surface area contributed by atoms with Gasteiger partial charge in [-0.2, -0.15) is 0 Å². The Hall–Kier alpha value is -2.89. The van der Waals surface area contributed by atoms with Gasteiger partial charge in [-0.15, -0.1) is 0 Å². The second kappa shape index (κ2) is 4.34. The number of fused-ring (bicyclic) bond motifs is 1. The molecular weight excluding hydrogens is 256 g/mol. The summed E-state index contributed by atoms with van der Waals surface area (Å²) in [6.07, 6.45) is 1.68. The number of nitrogens with two attached hydrogens (primary N) is 1. The predicted molar refractivity (Wildman–Crippen MR) is 75.3 cm³/mol. The van der Waals surface area contributed by atoms with Crippen molar-refractivity contribution >= 4 is 17.1 Å². The van der Waals surface area contributed by atoms with Crippen LogP contribution in [-0.4, -0.2) is 20.4 Å². The van der Waals surface area contributed by atoms with Crippen molar-refractivity contribution in [1.82, 2.24) is 14.5 Å². The Morgan fingerprint density at radius 1 is 1.25 bits per heavy atom. The van der Waals surface area contributed by atoms with Gasteiger partial charge in [0.1, 0.15) is 0 Å². The van der Waals surface area contributed by atoms with Gasteiger partial charge in [0.2, 0.25) is 5.91 Å². The highest BCUT2D eigenvalue weighted by molar-refractivity contribution is 5.93. The molecule has 6 heteroatoms. The van der Waals surface area contributed by atoms with E-state index < -0.39 is 5.91 Å². The molecule has 0 saturated carbocycles. The monoisotopic (exact) mass is 268 g/mol. The fourth-order valence-electron chi connectivity index (χ4n) is 2.08. The summed E-state index contributed by atoms with van der Waals surface area (Å²) in [4.78, 5) is 29.5. The average Bonchev–Trinajstić information content (AvgIpc) is 2.74. The minimum Gasteiger partial charge on any atom is -0.366 e. The fraction of sp³-hybridized carbons (Fsp3) is 0.0714. The number of hydrogen-bond donors (Lipinski definition) is 2. The van der Waals surface area contributed by atoms with Crippen molar-refractivity contribution in [2.75, 3.05) is 0 Å². The SMILES string of the molecule is Cn1c(=O)[nH]c2ncc(-c3ccc(C(N)=O)cc3)cc21. The van der Waals surface area contributed by atoms with Gasteiger partial charge in [-0.25, -0.2) is 9.78 Å². The minimum atomic E-state index is -0.460. The lowest BCUT2D eigenvalue weighted by Gasteiger charge is -2.03. The molecule has 2 heterocycles. The number of carbonyl (C=O) groups excluding carboxylic acids is 1. The van der Waals surface area contributed by atoms with Gasteiger partial charge in [-0.05, 0) is 23.8 Å². The maximum atomic E-state index is 11.5. The summed E-state index contributed by atoms with van der Waals surface area (Å²) >= 11 is 0. The number of amides is 1. The van der Waals surface area contributed by atoms with Crippen LogP contribution in [-0.2, 0) is 7.05 Å². The summed E-state index contributed by atoms with van der Waals surface area (Å²) in [6, 6.07) is 8.80. The second-order valence-corrected chi connectivity index (χ2v) is 4.52. The summed E-state index contributed by atoms with van der Waals surface area (Å²) in [5.74, 6) is -0.460. The first-order valence-electron chi connectivity index (χ1n) is 6.01. The van der Waals surface area contributed by atoms with Crippen LogP contribution in [0.25, 0.3) is 22.3 Å². The zero-order chi connectivity index (χ0) is 14.3. The molecule has 0 aliphatic rings. The molecular formula is C14H12N4O2. The molecule has 1 aromatic carbocycles. The van der Waals surface area contributed by atoms with E-state index in [9.17, 15) is 9.59 Å². The first kappa shape index (κ1) is 12.2. The van der Waals surface area contributed by atoms with Gasteiger partial charge in [0.15, 0.2) is 5.65 Å². The Bertz CT molecular complexity index is 859. The highest BCUT2D eigenvalue weighted by Gasteiger charge is 2.07. The number of pyridine rings is 1. The predicted octanol–water partition coefficient (Wildman–Crippen LogP) is 1.03. The van der Waals surface area contributed by atoms with Crippen molar-refractivity contribution in [3.8, 4) is 11.1 Å². The quantitative estimate of drug-likeness (QED) is 0.726. The van der Waals surface area contributed by atoms with E-state index in [-0.39, 0.29) is 5.69 Å². The number of aryl methyl sites for hydroxylation is 1. The number of aromatic amines is 1. The number of hydrogen-bond acceptors (Lipinski definition) is 3. The number of primary amides is 1. The first-order chi connectivity index (χ1) is 9.56. The normalized spacial score (nSPS) is 10.8. The van der Waals surface area contributed by atoms with Gasteiger partial charge in [-0.3, -0.25) is 14.3 Å². The molecule has 2 aromatic heterocycles. The number of nitrogens with one attached hydrogen (secondary N) is 1. The van der Waals surface area contributed by atoms with Gasteiger partial charge in [-0.1, -0.05) is 12.1 Å². The van der Waals surface area contributed by atoms with E-state index in [1.807, 2.05) is 6.07 Å². The van der Waals surface area contributed by atoms with Crippen molar-refractivity contribution < 1.29 is 4.79 Å². The maximum Gasteiger partial charge on any atom is 0.327 e. The molecule has 0 radical (unpaired) electrons. The Labute approximate surface area is 113 Å². The van der Waals surface area contributed by atoms with E-state index >= 15 is 0 Å². The van der Waals surface area contributed by atoms with E-state index in [0.29, 0.717) is 11.2 Å². The molecule has 1 amide bonds. The van der Waals surface area contributed by atoms with Crippen molar-refractivity contribution in [3.63, 3.8) is 0 Å². The van der Waals surface area contributed by atoms with Crippen LogP contribution in [0.5, 0.6) is 0 Å². The van der Waals surface area contributed by atoms with Crippen LogP contribution >= 0.6 is 0 Å². The fourth-order valence-corrected chi connectivity index (χ4v) is 2.08. The third kappa shape index (κ3) is 1.87. The molecule has 3 N–H and O–H groups in total. The molecule has 3 aromatic rings. The summed E-state index contributed by atoms with van der Waals surface area (Å²) in [5.41, 5.74) is 8.51.